The summed E-state index contributed by atoms with van der Waals surface area (Å²) in [5.41, 5.74) is 1.89. The van der Waals surface area contributed by atoms with Gasteiger partial charge < -0.3 is 4.90 Å². The molecule has 0 aliphatic rings. The van der Waals surface area contributed by atoms with Gasteiger partial charge in [0.1, 0.15) is 5.69 Å². The molecule has 0 aliphatic carbocycles. The fourth-order valence-electron chi connectivity index (χ4n) is 2.04. The van der Waals surface area contributed by atoms with E-state index in [0.717, 1.165) is 5.56 Å². The minimum absolute atomic E-state index is 0.0175. The van der Waals surface area contributed by atoms with Crippen LogP contribution in [-0.2, 0) is 6.54 Å². The molecule has 0 N–H and O–H groups in total. The predicted molar refractivity (Wildman–Crippen MR) is 85.4 cm³/mol. The lowest BCUT2D eigenvalue weighted by Crippen LogP contribution is -2.36. The first kappa shape index (κ1) is 16.0. The summed E-state index contributed by atoms with van der Waals surface area (Å²) in [6, 6.07) is 12.5. The second kappa shape index (κ2) is 7.06. The van der Waals surface area contributed by atoms with E-state index in [9.17, 15) is 4.79 Å². The summed E-state index contributed by atoms with van der Waals surface area (Å²) >= 11 is 5.93. The van der Waals surface area contributed by atoms with Crippen molar-refractivity contribution in [2.75, 3.05) is 0 Å². The van der Waals surface area contributed by atoms with Gasteiger partial charge >= 0.3 is 0 Å². The third-order valence-electron chi connectivity index (χ3n) is 3.26. The number of pyridine rings is 1. The molecule has 0 saturated carbocycles. The molecule has 2 rings (SSSR count). The molecule has 22 heavy (non-hydrogen) atoms. The minimum Gasteiger partial charge on any atom is -0.331 e. The Balaban J connectivity index is 2.22. The van der Waals surface area contributed by atoms with Crippen LogP contribution in [0, 0.1) is 11.3 Å². The molecule has 112 valence electrons. The molecule has 1 aromatic heterocycles. The quantitative estimate of drug-likeness (QED) is 0.865. The number of rotatable bonds is 4. The monoisotopic (exact) mass is 313 g/mol. The maximum absolute atomic E-state index is 12.6. The highest BCUT2D eigenvalue weighted by molar-refractivity contribution is 6.30. The molecule has 1 heterocycles. The van der Waals surface area contributed by atoms with Crippen molar-refractivity contribution >= 4 is 17.5 Å². The van der Waals surface area contributed by atoms with Crippen LogP contribution >= 0.6 is 11.6 Å². The summed E-state index contributed by atoms with van der Waals surface area (Å²) in [4.78, 5) is 18.4. The first-order valence-corrected chi connectivity index (χ1v) is 7.30. The fourth-order valence-corrected chi connectivity index (χ4v) is 2.20. The lowest BCUT2D eigenvalue weighted by Gasteiger charge is -2.26. The Bertz CT molecular complexity index is 705. The maximum atomic E-state index is 12.6. The van der Waals surface area contributed by atoms with E-state index in [1.165, 1.54) is 6.20 Å². The Morgan fingerprint density at radius 3 is 2.55 bits per heavy atom. The van der Waals surface area contributed by atoms with Crippen molar-refractivity contribution in [1.29, 1.82) is 5.26 Å². The first-order valence-electron chi connectivity index (χ1n) is 6.93. The van der Waals surface area contributed by atoms with Crippen molar-refractivity contribution in [3.05, 3.63) is 64.4 Å². The van der Waals surface area contributed by atoms with Crippen molar-refractivity contribution in [1.82, 2.24) is 9.88 Å². The molecule has 1 aromatic carbocycles. The summed E-state index contributed by atoms with van der Waals surface area (Å²) in [5, 5.41) is 9.31. The van der Waals surface area contributed by atoms with Gasteiger partial charge in [-0.05, 0) is 43.7 Å². The lowest BCUT2D eigenvalue weighted by atomic mass is 10.1. The number of aromatic nitrogens is 1. The third-order valence-corrected chi connectivity index (χ3v) is 3.50. The molecular weight excluding hydrogens is 298 g/mol. The summed E-state index contributed by atoms with van der Waals surface area (Å²) in [7, 11) is 0. The third kappa shape index (κ3) is 3.84. The number of nitriles is 1. The molecule has 0 fully saturated rings. The zero-order chi connectivity index (χ0) is 16.1. The number of carbonyl (C=O) groups is 1. The molecular formula is C17H16ClN3O. The molecule has 0 atom stereocenters. The van der Waals surface area contributed by atoms with Crippen molar-refractivity contribution in [2.45, 2.75) is 26.4 Å². The summed E-state index contributed by atoms with van der Waals surface area (Å²) in [6.45, 7) is 4.36. The normalized spacial score (nSPS) is 10.3. The van der Waals surface area contributed by atoms with Gasteiger partial charge in [-0.1, -0.05) is 23.7 Å². The molecule has 2 aromatic rings. The van der Waals surface area contributed by atoms with Gasteiger partial charge in [-0.3, -0.25) is 9.78 Å². The second-order valence-corrected chi connectivity index (χ2v) is 5.63. The van der Waals surface area contributed by atoms with E-state index < -0.39 is 0 Å². The number of nitrogens with zero attached hydrogens (tertiary/aromatic N) is 3. The molecule has 5 heteroatoms. The maximum Gasteiger partial charge on any atom is 0.273 e. The standard InChI is InChI=1S/C17H16ClN3O/c1-12(2)21(11-14-5-3-13(10-19)4-6-14)17(22)16-9-15(18)7-8-20-16/h3-9,12H,11H2,1-2H3. The molecule has 0 saturated heterocycles. The van der Waals surface area contributed by atoms with Crippen molar-refractivity contribution in [3.8, 4) is 6.07 Å². The van der Waals surface area contributed by atoms with E-state index >= 15 is 0 Å². The Morgan fingerprint density at radius 1 is 1.32 bits per heavy atom. The van der Waals surface area contributed by atoms with Crippen LogP contribution in [0.15, 0.2) is 42.6 Å². The predicted octanol–water partition coefficient (Wildman–Crippen LogP) is 3.66. The Morgan fingerprint density at radius 2 is 2.00 bits per heavy atom. The second-order valence-electron chi connectivity index (χ2n) is 5.19. The molecule has 0 unspecified atom stereocenters. The zero-order valence-electron chi connectivity index (χ0n) is 12.5. The van der Waals surface area contributed by atoms with Crippen LogP contribution in [0.4, 0.5) is 0 Å². The van der Waals surface area contributed by atoms with Crippen molar-refractivity contribution in [2.24, 2.45) is 0 Å². The van der Waals surface area contributed by atoms with Gasteiger partial charge in [-0.25, -0.2) is 0 Å². The van der Waals surface area contributed by atoms with Gasteiger partial charge in [-0.15, -0.1) is 0 Å². The molecule has 0 aliphatic heterocycles. The van der Waals surface area contributed by atoms with Gasteiger partial charge in [0.05, 0.1) is 11.6 Å². The van der Waals surface area contributed by atoms with E-state index in [1.54, 1.807) is 29.2 Å². The van der Waals surface area contributed by atoms with E-state index in [-0.39, 0.29) is 11.9 Å². The van der Waals surface area contributed by atoms with Crippen LogP contribution in [0.25, 0.3) is 0 Å². The van der Waals surface area contributed by atoms with E-state index in [4.69, 9.17) is 16.9 Å². The fraction of sp³-hybridized carbons (Fsp3) is 0.235. The summed E-state index contributed by atoms with van der Waals surface area (Å²) in [5.74, 6) is -0.165. The number of carbonyl (C=O) groups excluding carboxylic acids is 1. The van der Waals surface area contributed by atoms with Crippen LogP contribution in [0.1, 0.15) is 35.5 Å². The Labute approximate surface area is 135 Å². The van der Waals surface area contributed by atoms with Crippen LogP contribution in [0.2, 0.25) is 5.02 Å². The average molecular weight is 314 g/mol. The Hall–Kier alpha value is -2.38. The number of hydrogen-bond acceptors (Lipinski definition) is 3. The summed E-state index contributed by atoms with van der Waals surface area (Å²) < 4.78 is 0. The molecule has 1 amide bonds. The van der Waals surface area contributed by atoms with E-state index in [2.05, 4.69) is 11.1 Å². The van der Waals surface area contributed by atoms with Crippen LogP contribution < -0.4 is 0 Å². The average Bonchev–Trinajstić information content (AvgIpc) is 2.52. The van der Waals surface area contributed by atoms with Gasteiger partial charge in [0.2, 0.25) is 0 Å². The smallest absolute Gasteiger partial charge is 0.273 e. The number of halogens is 1. The van der Waals surface area contributed by atoms with Crippen LogP contribution in [0.5, 0.6) is 0 Å². The summed E-state index contributed by atoms with van der Waals surface area (Å²) in [6.07, 6.45) is 1.52. The van der Waals surface area contributed by atoms with Gasteiger partial charge in [0.25, 0.3) is 5.91 Å². The lowest BCUT2D eigenvalue weighted by molar-refractivity contribution is 0.0684. The number of amides is 1. The van der Waals surface area contributed by atoms with E-state index in [0.29, 0.717) is 22.8 Å². The molecule has 0 spiro atoms. The molecule has 0 bridgehead atoms. The first-order chi connectivity index (χ1) is 10.5. The number of hydrogen-bond donors (Lipinski definition) is 0. The molecule has 0 radical (unpaired) electrons. The van der Waals surface area contributed by atoms with Crippen molar-refractivity contribution < 1.29 is 4.79 Å². The van der Waals surface area contributed by atoms with Gasteiger partial charge in [0, 0.05) is 23.8 Å². The van der Waals surface area contributed by atoms with Crippen LogP contribution in [0.3, 0.4) is 0 Å². The Kier molecular flexibility index (Phi) is 5.13. The van der Waals surface area contributed by atoms with Crippen LogP contribution in [-0.4, -0.2) is 21.8 Å². The highest BCUT2D eigenvalue weighted by Crippen LogP contribution is 2.15. The van der Waals surface area contributed by atoms with Gasteiger partial charge in [0.15, 0.2) is 0 Å². The highest BCUT2D eigenvalue weighted by Gasteiger charge is 2.20. The molecule has 4 nitrogen and oxygen atoms in total. The largest absolute Gasteiger partial charge is 0.331 e. The highest BCUT2D eigenvalue weighted by atomic mass is 35.5. The van der Waals surface area contributed by atoms with E-state index in [1.807, 2.05) is 26.0 Å². The van der Waals surface area contributed by atoms with Crippen molar-refractivity contribution in [3.63, 3.8) is 0 Å². The minimum atomic E-state index is -0.165. The zero-order valence-corrected chi connectivity index (χ0v) is 13.2. The topological polar surface area (TPSA) is 57.0 Å². The number of benzene rings is 1. The SMILES string of the molecule is CC(C)N(Cc1ccc(C#N)cc1)C(=O)c1cc(Cl)ccn1. The van der Waals surface area contributed by atoms with Gasteiger partial charge in [-0.2, -0.15) is 5.26 Å².